The zero-order valence-electron chi connectivity index (χ0n) is 9.73. The molecule has 0 aromatic heterocycles. The Balaban J connectivity index is 2.72. The topological polar surface area (TPSA) is 43.4 Å². The number of benzene rings is 1. The van der Waals surface area contributed by atoms with Gasteiger partial charge in [-0.25, -0.2) is 0 Å². The van der Waals surface area contributed by atoms with Gasteiger partial charge in [-0.1, -0.05) is 0 Å². The predicted molar refractivity (Wildman–Crippen MR) is 63.2 cm³/mol. The van der Waals surface area contributed by atoms with Gasteiger partial charge in [0.2, 0.25) is 0 Å². The van der Waals surface area contributed by atoms with Gasteiger partial charge in [0, 0.05) is 0 Å². The molecule has 1 rings (SSSR count). The van der Waals surface area contributed by atoms with Crippen LogP contribution in [0.3, 0.4) is 0 Å². The molecule has 1 atom stereocenters. The maximum atomic E-state index is 11.3. The minimum atomic E-state index is -2.09. The second-order valence-corrected chi connectivity index (χ2v) is 8.84. The summed E-state index contributed by atoms with van der Waals surface area (Å²) in [6.45, 7) is 2.01. The average molecular weight is 336 g/mol. The van der Waals surface area contributed by atoms with Gasteiger partial charge in [-0.3, -0.25) is 0 Å². The van der Waals surface area contributed by atoms with Crippen molar-refractivity contribution in [2.45, 2.75) is 22.3 Å². The molecule has 0 bridgehead atoms. The summed E-state index contributed by atoms with van der Waals surface area (Å²) in [5, 5.41) is 0. The number of rotatable bonds is 4. The van der Waals surface area contributed by atoms with Gasteiger partial charge in [-0.05, 0) is 0 Å². The maximum absolute atomic E-state index is 11.3. The predicted octanol–water partition coefficient (Wildman–Crippen LogP) is 2.46. The van der Waals surface area contributed by atoms with Gasteiger partial charge in [0.05, 0.1) is 0 Å². The molecule has 0 aliphatic carbocycles. The van der Waals surface area contributed by atoms with Crippen LogP contribution in [0.25, 0.3) is 0 Å². The number of ether oxygens (including phenoxy) is 1. The van der Waals surface area contributed by atoms with Gasteiger partial charge in [-0.15, -0.1) is 0 Å². The molecule has 0 N–H and O–H groups in total. The Morgan fingerprint density at radius 2 is 1.94 bits per heavy atom. The van der Waals surface area contributed by atoms with Crippen molar-refractivity contribution < 1.29 is 12.6 Å². The van der Waals surface area contributed by atoms with Gasteiger partial charge in [-0.2, -0.15) is 0 Å². The molecular formula is C12H16O3Te. The zero-order valence-corrected chi connectivity index (χ0v) is 12.1. The molecule has 88 valence electrons. The number of carbonyl (C=O) groups is 1. The summed E-state index contributed by atoms with van der Waals surface area (Å²) in [5.74, 6) is -0.326. The summed E-state index contributed by atoms with van der Waals surface area (Å²) >= 11 is -2.09. The van der Waals surface area contributed by atoms with Crippen LogP contribution < -0.4 is 0 Å². The van der Waals surface area contributed by atoms with Crippen LogP contribution in [0.15, 0.2) is 24.3 Å². The van der Waals surface area contributed by atoms with Crippen LogP contribution in [0.1, 0.15) is 22.8 Å². The fraction of sp³-hybridized carbons (Fsp3) is 0.417. The third kappa shape index (κ3) is 3.69. The van der Waals surface area contributed by atoms with Crippen LogP contribution in [-0.4, -0.2) is 32.6 Å². The summed E-state index contributed by atoms with van der Waals surface area (Å²) in [4.78, 5) is 13.0. The average Bonchev–Trinajstić information content (AvgIpc) is 2.28. The quantitative estimate of drug-likeness (QED) is 0.627. The van der Waals surface area contributed by atoms with Crippen molar-refractivity contribution in [3.8, 4) is 0 Å². The molecule has 0 saturated heterocycles. The first kappa shape index (κ1) is 13.3. The van der Waals surface area contributed by atoms with Crippen molar-refractivity contribution in [2.75, 3.05) is 7.11 Å². The van der Waals surface area contributed by atoms with E-state index in [1.807, 2.05) is 24.0 Å². The number of esters is 1. The molecule has 0 heterocycles. The molecule has 3 nitrogen and oxygen atoms in total. The van der Waals surface area contributed by atoms with Crippen molar-refractivity contribution in [3.63, 3.8) is 0 Å². The number of hydrogen-bond donors (Lipinski definition) is 0. The molecule has 0 saturated carbocycles. The Hall–Kier alpha value is -0.720. The molecule has 4 heteroatoms. The Morgan fingerprint density at radius 1 is 1.38 bits per heavy atom. The van der Waals surface area contributed by atoms with Crippen molar-refractivity contribution in [1.82, 2.24) is 0 Å². The zero-order chi connectivity index (χ0) is 12.1. The summed E-state index contributed by atoms with van der Waals surface area (Å²) in [7, 11) is 1.37. The van der Waals surface area contributed by atoms with E-state index in [1.165, 1.54) is 7.11 Å². The molecule has 1 unspecified atom stereocenters. The standard InChI is InChI=1S/C12H16O3Te/c1-9(16(3)14)8-10-4-6-11(7-5-10)12(13)15-2/h4-7,9H,8H2,1-3H3. The normalized spacial score (nSPS) is 12.5. The summed E-state index contributed by atoms with van der Waals surface area (Å²) in [5.41, 5.74) is 1.66. The van der Waals surface area contributed by atoms with Gasteiger partial charge in [0.25, 0.3) is 0 Å². The fourth-order valence-electron chi connectivity index (χ4n) is 1.34. The van der Waals surface area contributed by atoms with E-state index >= 15 is 0 Å². The van der Waals surface area contributed by atoms with Gasteiger partial charge >= 0.3 is 103 Å². The van der Waals surface area contributed by atoms with E-state index in [0.717, 1.165) is 12.0 Å². The van der Waals surface area contributed by atoms with E-state index in [2.05, 4.69) is 4.74 Å². The Bertz CT molecular complexity index is 384. The molecule has 0 amide bonds. The second-order valence-electron chi connectivity index (χ2n) is 3.70. The fourth-order valence-corrected chi connectivity index (χ4v) is 2.56. The SMILES string of the molecule is COC(=O)c1ccc(CC(C)[Te](C)=O)cc1. The molecule has 0 radical (unpaired) electrons. The molecule has 1 aromatic rings. The number of methoxy groups -OCH3 is 1. The Kier molecular flexibility index (Phi) is 5.11. The Morgan fingerprint density at radius 3 is 2.38 bits per heavy atom. The van der Waals surface area contributed by atoms with Crippen LogP contribution in [0.4, 0.5) is 0 Å². The molecule has 0 spiro atoms. The third-order valence-electron chi connectivity index (χ3n) is 2.46. The molecule has 16 heavy (non-hydrogen) atoms. The molecule has 0 aliphatic heterocycles. The molecule has 0 fully saturated rings. The molecule has 0 aliphatic rings. The summed E-state index contributed by atoms with van der Waals surface area (Å²) < 4.78 is 16.2. The van der Waals surface area contributed by atoms with Crippen LogP contribution in [0, 0.1) is 0 Å². The first-order valence-electron chi connectivity index (χ1n) is 5.04. The van der Waals surface area contributed by atoms with Crippen molar-refractivity contribution in [1.29, 1.82) is 0 Å². The molecular weight excluding hydrogens is 320 g/mol. The monoisotopic (exact) mass is 338 g/mol. The van der Waals surface area contributed by atoms with Crippen LogP contribution in [-0.2, 0) is 14.3 Å². The van der Waals surface area contributed by atoms with Gasteiger partial charge < -0.3 is 0 Å². The van der Waals surface area contributed by atoms with Crippen molar-refractivity contribution in [2.24, 2.45) is 0 Å². The first-order valence-corrected chi connectivity index (χ1v) is 9.66. The van der Waals surface area contributed by atoms with Crippen molar-refractivity contribution >= 4 is 25.5 Å². The van der Waals surface area contributed by atoms with Crippen LogP contribution in [0.2, 0.25) is 8.94 Å². The minimum absolute atomic E-state index is 0.271. The number of hydrogen-bond acceptors (Lipinski definition) is 3. The second kappa shape index (κ2) is 6.12. The van der Waals surface area contributed by atoms with Crippen molar-refractivity contribution in [3.05, 3.63) is 35.4 Å². The van der Waals surface area contributed by atoms with Crippen LogP contribution in [0.5, 0.6) is 0 Å². The first-order chi connectivity index (χ1) is 7.54. The van der Waals surface area contributed by atoms with E-state index in [0.29, 0.717) is 5.56 Å². The third-order valence-corrected chi connectivity index (χ3v) is 6.17. The Labute approximate surface area is 103 Å². The van der Waals surface area contributed by atoms with E-state index in [-0.39, 0.29) is 9.94 Å². The van der Waals surface area contributed by atoms with E-state index < -0.39 is 19.5 Å². The summed E-state index contributed by atoms with van der Waals surface area (Å²) in [6.07, 6.45) is 0.818. The van der Waals surface area contributed by atoms with Gasteiger partial charge in [0.1, 0.15) is 0 Å². The summed E-state index contributed by atoms with van der Waals surface area (Å²) in [6, 6.07) is 7.28. The number of carbonyl (C=O) groups excluding carboxylic acids is 1. The van der Waals surface area contributed by atoms with Crippen LogP contribution >= 0.6 is 0 Å². The molecule has 1 aromatic carbocycles. The van der Waals surface area contributed by atoms with E-state index in [1.54, 1.807) is 12.1 Å². The van der Waals surface area contributed by atoms with E-state index in [4.69, 9.17) is 0 Å². The van der Waals surface area contributed by atoms with E-state index in [9.17, 15) is 7.90 Å². The van der Waals surface area contributed by atoms with Gasteiger partial charge in [0.15, 0.2) is 0 Å².